The van der Waals surface area contributed by atoms with E-state index in [0.717, 1.165) is 10.2 Å². The number of rotatable bonds is 4. The number of aromatic nitrogens is 1. The van der Waals surface area contributed by atoms with Crippen molar-refractivity contribution in [3.05, 3.63) is 52.8 Å². The molecule has 0 bridgehead atoms. The largest absolute Gasteiger partial charge is 0.464 e. The number of aryl methyl sites for hydroxylation is 1. The molecule has 0 radical (unpaired) electrons. The number of hydrogen-bond acceptors (Lipinski definition) is 4. The Morgan fingerprint density at radius 1 is 1.29 bits per heavy atom. The lowest BCUT2D eigenvalue weighted by Gasteiger charge is -2.10. The van der Waals surface area contributed by atoms with Crippen LogP contribution in [0.1, 0.15) is 16.1 Å². The average Bonchev–Trinajstić information content (AvgIpc) is 3.13. The fourth-order valence-corrected chi connectivity index (χ4v) is 3.32. The first-order chi connectivity index (χ1) is 11.5. The van der Waals surface area contributed by atoms with Crippen LogP contribution in [-0.4, -0.2) is 23.6 Å². The van der Waals surface area contributed by atoms with Crippen molar-refractivity contribution in [1.82, 2.24) is 4.57 Å². The first kappa shape index (κ1) is 16.2. The van der Waals surface area contributed by atoms with Gasteiger partial charge in [0.05, 0.1) is 7.11 Å². The summed E-state index contributed by atoms with van der Waals surface area (Å²) < 4.78 is 19.9. The van der Waals surface area contributed by atoms with Crippen LogP contribution in [-0.2, 0) is 16.1 Å². The quantitative estimate of drug-likeness (QED) is 0.735. The summed E-state index contributed by atoms with van der Waals surface area (Å²) in [5.41, 5.74) is 1.19. The summed E-state index contributed by atoms with van der Waals surface area (Å²) in [5.74, 6) is -1.24. The lowest BCUT2D eigenvalue weighted by atomic mass is 10.2. The van der Waals surface area contributed by atoms with Gasteiger partial charge in [-0.2, -0.15) is 0 Å². The predicted octanol–water partition coefficient (Wildman–Crippen LogP) is 3.58. The van der Waals surface area contributed by atoms with Crippen LogP contribution in [0, 0.1) is 12.7 Å². The minimum Gasteiger partial charge on any atom is -0.464 e. The first-order valence-electron chi connectivity index (χ1n) is 7.20. The van der Waals surface area contributed by atoms with E-state index in [0.29, 0.717) is 16.9 Å². The Morgan fingerprint density at radius 3 is 2.79 bits per heavy atom. The standard InChI is InChI=1S/C17H15FN2O3S/c1-10-3-4-12(8-13(10)18)19-15(21)9-20-14(17(22)23-2)7-11-5-6-24-16(11)20/h3-8H,9H2,1-2H3,(H,19,21). The summed E-state index contributed by atoms with van der Waals surface area (Å²) in [7, 11) is 1.29. The molecule has 0 fully saturated rings. The van der Waals surface area contributed by atoms with Crippen molar-refractivity contribution in [2.24, 2.45) is 0 Å². The SMILES string of the molecule is COC(=O)c1cc2ccsc2n1CC(=O)Nc1ccc(C)c(F)c1. The number of nitrogens with one attached hydrogen (secondary N) is 1. The number of fused-ring (bicyclic) bond motifs is 1. The second-order valence-electron chi connectivity index (χ2n) is 5.30. The number of anilines is 1. The summed E-state index contributed by atoms with van der Waals surface area (Å²) in [4.78, 5) is 25.0. The lowest BCUT2D eigenvalue weighted by molar-refractivity contribution is -0.116. The van der Waals surface area contributed by atoms with E-state index >= 15 is 0 Å². The number of carbonyl (C=O) groups excluding carboxylic acids is 2. The molecule has 124 valence electrons. The van der Waals surface area contributed by atoms with Crippen molar-refractivity contribution in [3.63, 3.8) is 0 Å². The number of ether oxygens (including phenoxy) is 1. The number of hydrogen-bond donors (Lipinski definition) is 1. The molecule has 2 heterocycles. The molecule has 5 nitrogen and oxygen atoms in total. The Hall–Kier alpha value is -2.67. The molecule has 0 saturated heterocycles. The molecule has 3 rings (SSSR count). The van der Waals surface area contributed by atoms with Gasteiger partial charge in [-0.25, -0.2) is 9.18 Å². The van der Waals surface area contributed by atoms with Gasteiger partial charge in [-0.05, 0) is 42.1 Å². The molecule has 0 saturated carbocycles. The molecule has 24 heavy (non-hydrogen) atoms. The van der Waals surface area contributed by atoms with E-state index in [4.69, 9.17) is 4.74 Å². The van der Waals surface area contributed by atoms with Crippen LogP contribution in [0.25, 0.3) is 10.2 Å². The van der Waals surface area contributed by atoms with Gasteiger partial charge in [-0.1, -0.05) is 6.07 Å². The van der Waals surface area contributed by atoms with E-state index in [1.54, 1.807) is 29.7 Å². The lowest BCUT2D eigenvalue weighted by Crippen LogP contribution is -2.21. The number of thiophene rings is 1. The Kier molecular flexibility index (Phi) is 4.35. The molecule has 2 aromatic heterocycles. The summed E-state index contributed by atoms with van der Waals surface area (Å²) in [6.45, 7) is 1.58. The molecule has 0 aliphatic heterocycles. The molecule has 3 aromatic rings. The topological polar surface area (TPSA) is 60.3 Å². The van der Waals surface area contributed by atoms with Gasteiger partial charge in [0.1, 0.15) is 22.9 Å². The minimum atomic E-state index is -0.507. The van der Waals surface area contributed by atoms with Crippen LogP contribution in [0.2, 0.25) is 0 Å². The van der Waals surface area contributed by atoms with Crippen LogP contribution in [0.15, 0.2) is 35.7 Å². The third-order valence-corrected chi connectivity index (χ3v) is 4.61. The summed E-state index contributed by atoms with van der Waals surface area (Å²) >= 11 is 1.43. The monoisotopic (exact) mass is 346 g/mol. The van der Waals surface area contributed by atoms with Crippen molar-refractivity contribution >= 4 is 39.1 Å². The van der Waals surface area contributed by atoms with Crippen LogP contribution in [0.5, 0.6) is 0 Å². The smallest absolute Gasteiger partial charge is 0.354 e. The molecule has 1 aromatic carbocycles. The third-order valence-electron chi connectivity index (χ3n) is 3.65. The van der Waals surface area contributed by atoms with Gasteiger partial charge in [0.2, 0.25) is 5.91 Å². The number of methoxy groups -OCH3 is 1. The van der Waals surface area contributed by atoms with Crippen LogP contribution < -0.4 is 5.32 Å². The highest BCUT2D eigenvalue weighted by Gasteiger charge is 2.19. The van der Waals surface area contributed by atoms with E-state index in [1.165, 1.54) is 24.5 Å². The molecule has 0 unspecified atom stereocenters. The molecule has 1 N–H and O–H groups in total. The van der Waals surface area contributed by atoms with Gasteiger partial charge in [-0.3, -0.25) is 4.79 Å². The predicted molar refractivity (Wildman–Crippen MR) is 90.9 cm³/mol. The van der Waals surface area contributed by atoms with Gasteiger partial charge in [0.25, 0.3) is 0 Å². The average molecular weight is 346 g/mol. The Labute approximate surface area is 141 Å². The number of carbonyl (C=O) groups is 2. The third kappa shape index (κ3) is 3.03. The maximum absolute atomic E-state index is 13.6. The molecule has 1 amide bonds. The number of benzene rings is 1. The number of nitrogens with zero attached hydrogens (tertiary/aromatic N) is 1. The zero-order chi connectivity index (χ0) is 17.3. The minimum absolute atomic E-state index is 0.0655. The normalized spacial score (nSPS) is 10.8. The van der Waals surface area contributed by atoms with Crippen molar-refractivity contribution in [2.45, 2.75) is 13.5 Å². The van der Waals surface area contributed by atoms with E-state index in [-0.39, 0.29) is 18.3 Å². The van der Waals surface area contributed by atoms with Gasteiger partial charge < -0.3 is 14.6 Å². The number of amides is 1. The molecular formula is C17H15FN2O3S. The highest BCUT2D eigenvalue weighted by atomic mass is 32.1. The fourth-order valence-electron chi connectivity index (χ4n) is 2.42. The number of esters is 1. The van der Waals surface area contributed by atoms with E-state index in [9.17, 15) is 14.0 Å². The molecule has 0 atom stereocenters. The van der Waals surface area contributed by atoms with Crippen molar-refractivity contribution < 1.29 is 18.7 Å². The van der Waals surface area contributed by atoms with Gasteiger partial charge in [-0.15, -0.1) is 11.3 Å². The van der Waals surface area contributed by atoms with E-state index < -0.39 is 5.97 Å². The fraction of sp³-hybridized carbons (Fsp3) is 0.176. The number of halogens is 1. The van der Waals surface area contributed by atoms with Gasteiger partial charge in [0, 0.05) is 11.1 Å². The maximum atomic E-state index is 13.6. The Bertz CT molecular complexity index is 929. The van der Waals surface area contributed by atoms with Crippen LogP contribution >= 0.6 is 11.3 Å². The molecule has 0 spiro atoms. The first-order valence-corrected chi connectivity index (χ1v) is 8.08. The van der Waals surface area contributed by atoms with Crippen LogP contribution in [0.4, 0.5) is 10.1 Å². The van der Waals surface area contributed by atoms with Gasteiger partial charge in [0.15, 0.2) is 0 Å². The van der Waals surface area contributed by atoms with Crippen LogP contribution in [0.3, 0.4) is 0 Å². The zero-order valence-electron chi connectivity index (χ0n) is 13.1. The highest BCUT2D eigenvalue weighted by molar-refractivity contribution is 7.16. The van der Waals surface area contributed by atoms with Gasteiger partial charge >= 0.3 is 5.97 Å². The maximum Gasteiger partial charge on any atom is 0.354 e. The van der Waals surface area contributed by atoms with Crippen molar-refractivity contribution in [1.29, 1.82) is 0 Å². The summed E-state index contributed by atoms with van der Waals surface area (Å²) in [5, 5.41) is 5.40. The zero-order valence-corrected chi connectivity index (χ0v) is 13.9. The molecule has 7 heteroatoms. The van der Waals surface area contributed by atoms with Crippen molar-refractivity contribution in [3.8, 4) is 0 Å². The molecule has 0 aliphatic carbocycles. The Morgan fingerprint density at radius 2 is 2.08 bits per heavy atom. The Balaban J connectivity index is 1.85. The second kappa shape index (κ2) is 6.45. The van der Waals surface area contributed by atoms with E-state index in [1.807, 2.05) is 11.4 Å². The second-order valence-corrected chi connectivity index (χ2v) is 6.20. The van der Waals surface area contributed by atoms with Crippen molar-refractivity contribution in [2.75, 3.05) is 12.4 Å². The molecule has 0 aliphatic rings. The summed E-state index contributed by atoms with van der Waals surface area (Å²) in [6, 6.07) is 8.06. The highest BCUT2D eigenvalue weighted by Crippen LogP contribution is 2.26. The van der Waals surface area contributed by atoms with E-state index in [2.05, 4.69) is 5.32 Å². The summed E-state index contributed by atoms with van der Waals surface area (Å²) in [6.07, 6.45) is 0. The molecular weight excluding hydrogens is 331 g/mol.